The minimum atomic E-state index is -0.427. The minimum Gasteiger partial charge on any atom is -0.444 e. The van der Waals surface area contributed by atoms with Crippen LogP contribution in [0.2, 0.25) is 0 Å². The number of nitrogens with zero attached hydrogens (tertiary/aromatic N) is 1. The monoisotopic (exact) mass is 339 g/mol. The van der Waals surface area contributed by atoms with Gasteiger partial charge in [-0.15, -0.1) is 11.3 Å². The lowest BCUT2D eigenvalue weighted by Crippen LogP contribution is -2.43. The van der Waals surface area contributed by atoms with Gasteiger partial charge in [0, 0.05) is 24.6 Å². The Morgan fingerprint density at radius 3 is 2.91 bits per heavy atom. The van der Waals surface area contributed by atoms with Gasteiger partial charge in [-0.05, 0) is 64.3 Å². The molecule has 0 bridgehead atoms. The summed E-state index contributed by atoms with van der Waals surface area (Å²) in [6.45, 7) is 10.2. The van der Waals surface area contributed by atoms with Crippen molar-refractivity contribution in [1.82, 2.24) is 4.90 Å². The molecule has 0 aliphatic carbocycles. The highest BCUT2D eigenvalue weighted by atomic mass is 32.1. The lowest BCUT2D eigenvalue weighted by Gasteiger charge is -2.34. The fourth-order valence-corrected chi connectivity index (χ4v) is 3.54. The molecule has 1 aromatic heterocycles. The van der Waals surface area contributed by atoms with Gasteiger partial charge in [0.2, 0.25) is 0 Å². The number of hydrogen-bond donors (Lipinski definition) is 0. The van der Waals surface area contributed by atoms with E-state index in [0.717, 1.165) is 39.0 Å². The molecular weight excluding hydrogens is 310 g/mol. The molecule has 130 valence electrons. The van der Waals surface area contributed by atoms with Gasteiger partial charge in [0.1, 0.15) is 5.60 Å². The van der Waals surface area contributed by atoms with E-state index >= 15 is 0 Å². The van der Waals surface area contributed by atoms with E-state index in [0.29, 0.717) is 5.92 Å². The van der Waals surface area contributed by atoms with E-state index in [-0.39, 0.29) is 12.2 Å². The van der Waals surface area contributed by atoms with Gasteiger partial charge in [-0.25, -0.2) is 4.79 Å². The molecule has 4 nitrogen and oxygen atoms in total. The Balaban J connectivity index is 1.72. The molecule has 1 fully saturated rings. The van der Waals surface area contributed by atoms with Gasteiger partial charge in [0.25, 0.3) is 0 Å². The van der Waals surface area contributed by atoms with Crippen LogP contribution in [0.5, 0.6) is 0 Å². The Bertz CT molecular complexity index is 481. The predicted molar refractivity (Wildman–Crippen MR) is 93.8 cm³/mol. The molecule has 23 heavy (non-hydrogen) atoms. The predicted octanol–water partition coefficient (Wildman–Crippen LogP) is 4.86. The van der Waals surface area contributed by atoms with Crippen LogP contribution in [0, 0.1) is 5.92 Å². The second-order valence-corrected chi connectivity index (χ2v) is 8.23. The third-order valence-corrected chi connectivity index (χ3v) is 5.04. The topological polar surface area (TPSA) is 38.8 Å². The maximum absolute atomic E-state index is 12.2. The molecule has 5 heteroatoms. The van der Waals surface area contributed by atoms with Crippen LogP contribution in [-0.2, 0) is 9.47 Å². The average molecular weight is 340 g/mol. The van der Waals surface area contributed by atoms with Gasteiger partial charge in [-0.1, -0.05) is 6.07 Å². The zero-order valence-corrected chi connectivity index (χ0v) is 15.5. The van der Waals surface area contributed by atoms with E-state index in [1.807, 2.05) is 25.7 Å². The molecular formula is C18H29NO3S. The summed E-state index contributed by atoms with van der Waals surface area (Å²) in [5, 5.41) is 2.08. The molecule has 0 spiro atoms. The zero-order valence-electron chi connectivity index (χ0n) is 14.7. The van der Waals surface area contributed by atoms with Crippen molar-refractivity contribution in [2.45, 2.75) is 58.7 Å². The second-order valence-electron chi connectivity index (χ2n) is 7.25. The van der Waals surface area contributed by atoms with Crippen molar-refractivity contribution in [3.05, 3.63) is 22.4 Å². The molecule has 0 radical (unpaired) electrons. The highest BCUT2D eigenvalue weighted by molar-refractivity contribution is 7.10. The van der Waals surface area contributed by atoms with E-state index < -0.39 is 5.60 Å². The first-order valence-corrected chi connectivity index (χ1v) is 9.36. The number of amides is 1. The molecule has 0 saturated carbocycles. The normalized spacial score (nSPS) is 20.3. The third-order valence-electron chi connectivity index (χ3n) is 4.01. The summed E-state index contributed by atoms with van der Waals surface area (Å²) < 4.78 is 11.4. The van der Waals surface area contributed by atoms with E-state index in [1.165, 1.54) is 4.88 Å². The molecule has 1 aromatic rings. The van der Waals surface area contributed by atoms with Crippen molar-refractivity contribution in [3.63, 3.8) is 0 Å². The minimum absolute atomic E-state index is 0.153. The highest BCUT2D eigenvalue weighted by Crippen LogP contribution is 2.25. The second kappa shape index (κ2) is 8.15. The number of ether oxygens (including phenoxy) is 2. The van der Waals surface area contributed by atoms with Crippen LogP contribution in [0.1, 0.15) is 57.9 Å². The average Bonchev–Trinajstić information content (AvgIpc) is 3.00. The van der Waals surface area contributed by atoms with Crippen molar-refractivity contribution in [1.29, 1.82) is 0 Å². The van der Waals surface area contributed by atoms with Crippen LogP contribution in [-0.4, -0.2) is 36.3 Å². The summed E-state index contributed by atoms with van der Waals surface area (Å²) in [6.07, 6.45) is 3.17. The van der Waals surface area contributed by atoms with Gasteiger partial charge < -0.3 is 14.4 Å². The summed E-state index contributed by atoms with van der Waals surface area (Å²) in [4.78, 5) is 15.3. The Morgan fingerprint density at radius 2 is 2.26 bits per heavy atom. The summed E-state index contributed by atoms with van der Waals surface area (Å²) >= 11 is 1.73. The van der Waals surface area contributed by atoms with Crippen LogP contribution in [0.25, 0.3) is 0 Å². The van der Waals surface area contributed by atoms with Crippen LogP contribution < -0.4 is 0 Å². The fraction of sp³-hybridized carbons (Fsp3) is 0.722. The first-order chi connectivity index (χ1) is 10.8. The lowest BCUT2D eigenvalue weighted by molar-refractivity contribution is 0.0109. The molecule has 0 aromatic carbocycles. The first kappa shape index (κ1) is 18.3. The molecule has 1 saturated heterocycles. The van der Waals surface area contributed by atoms with Crippen molar-refractivity contribution < 1.29 is 14.3 Å². The van der Waals surface area contributed by atoms with E-state index in [2.05, 4.69) is 24.4 Å². The number of thiophene rings is 1. The van der Waals surface area contributed by atoms with Crippen molar-refractivity contribution in [2.24, 2.45) is 5.92 Å². The van der Waals surface area contributed by atoms with Gasteiger partial charge in [0.15, 0.2) is 0 Å². The largest absolute Gasteiger partial charge is 0.444 e. The Labute approximate surface area is 143 Å². The van der Waals surface area contributed by atoms with Crippen molar-refractivity contribution in [3.8, 4) is 0 Å². The Hall–Kier alpha value is -1.07. The SMILES string of the molecule is C[C@H](OCC[C@@H]1CCCN(C(=O)OC(C)(C)C)C1)c1cccs1. The molecule has 1 aliphatic rings. The summed E-state index contributed by atoms with van der Waals surface area (Å²) in [7, 11) is 0. The van der Waals surface area contributed by atoms with E-state index in [1.54, 1.807) is 11.3 Å². The quantitative estimate of drug-likeness (QED) is 0.769. The Morgan fingerprint density at radius 1 is 1.48 bits per heavy atom. The van der Waals surface area contributed by atoms with Crippen LogP contribution in [0.4, 0.5) is 4.79 Å². The Kier molecular flexibility index (Phi) is 6.48. The highest BCUT2D eigenvalue weighted by Gasteiger charge is 2.27. The summed E-state index contributed by atoms with van der Waals surface area (Å²) in [5.74, 6) is 0.506. The maximum Gasteiger partial charge on any atom is 0.410 e. The number of likely N-dealkylation sites (tertiary alicyclic amines) is 1. The molecule has 2 rings (SSSR count). The maximum atomic E-state index is 12.2. The van der Waals surface area contributed by atoms with E-state index in [4.69, 9.17) is 9.47 Å². The number of carbonyl (C=O) groups is 1. The fourth-order valence-electron chi connectivity index (χ4n) is 2.81. The van der Waals surface area contributed by atoms with Crippen molar-refractivity contribution >= 4 is 17.4 Å². The lowest BCUT2D eigenvalue weighted by atomic mass is 9.95. The number of piperidine rings is 1. The molecule has 1 aliphatic heterocycles. The molecule has 0 unspecified atom stereocenters. The number of rotatable bonds is 5. The van der Waals surface area contributed by atoms with Crippen LogP contribution >= 0.6 is 11.3 Å². The van der Waals surface area contributed by atoms with Crippen LogP contribution in [0.15, 0.2) is 17.5 Å². The standard InChI is InChI=1S/C18H29NO3S/c1-14(16-8-6-12-23-16)21-11-9-15-7-5-10-19(13-15)17(20)22-18(2,3)4/h6,8,12,14-15H,5,7,9-11,13H2,1-4H3/t14-,15-/m0/s1. The zero-order chi connectivity index (χ0) is 16.9. The first-order valence-electron chi connectivity index (χ1n) is 8.48. The molecule has 2 heterocycles. The van der Waals surface area contributed by atoms with Crippen LogP contribution in [0.3, 0.4) is 0 Å². The number of hydrogen-bond acceptors (Lipinski definition) is 4. The number of carbonyl (C=O) groups excluding carboxylic acids is 1. The summed E-state index contributed by atoms with van der Waals surface area (Å²) in [5.41, 5.74) is -0.427. The van der Waals surface area contributed by atoms with Gasteiger partial charge in [-0.3, -0.25) is 0 Å². The molecule has 2 atom stereocenters. The van der Waals surface area contributed by atoms with Gasteiger partial charge in [0.05, 0.1) is 6.10 Å². The van der Waals surface area contributed by atoms with Gasteiger partial charge >= 0.3 is 6.09 Å². The van der Waals surface area contributed by atoms with Gasteiger partial charge in [-0.2, -0.15) is 0 Å². The van der Waals surface area contributed by atoms with E-state index in [9.17, 15) is 4.79 Å². The smallest absolute Gasteiger partial charge is 0.410 e. The molecule has 1 amide bonds. The summed E-state index contributed by atoms with van der Waals surface area (Å²) in [6, 6.07) is 4.17. The third kappa shape index (κ3) is 6.15. The molecule has 0 N–H and O–H groups in total. The van der Waals surface area contributed by atoms with Crippen molar-refractivity contribution in [2.75, 3.05) is 19.7 Å².